The van der Waals surface area contributed by atoms with Gasteiger partial charge in [-0.15, -0.1) is 11.3 Å². The summed E-state index contributed by atoms with van der Waals surface area (Å²) in [7, 11) is -4.37. The summed E-state index contributed by atoms with van der Waals surface area (Å²) in [5, 5.41) is 18.3. The van der Waals surface area contributed by atoms with Crippen LogP contribution in [0, 0.1) is 6.92 Å². The molecule has 3 rings (SSSR count). The van der Waals surface area contributed by atoms with Crippen LogP contribution in [-0.2, 0) is 21.0 Å². The number of sulfonamides is 1. The molecule has 0 aliphatic heterocycles. The summed E-state index contributed by atoms with van der Waals surface area (Å²) in [6, 6.07) is 9.05. The van der Waals surface area contributed by atoms with E-state index in [4.69, 9.17) is 9.84 Å². The third kappa shape index (κ3) is 5.48. The van der Waals surface area contributed by atoms with E-state index in [-0.39, 0.29) is 16.3 Å². The van der Waals surface area contributed by atoms with Crippen molar-refractivity contribution in [3.63, 3.8) is 0 Å². The van der Waals surface area contributed by atoms with Crippen molar-refractivity contribution in [2.45, 2.75) is 18.0 Å². The first-order chi connectivity index (χ1) is 15.8. The molecule has 0 atom stereocenters. The van der Waals surface area contributed by atoms with Crippen LogP contribution in [0.15, 0.2) is 53.4 Å². The SMILES string of the molecule is Cc1c(-c2cccc(NS(=O)(=O)c3cccc(C(F)(F)F)c3)c2)sc(C(=O)O)c1OCC(=O)O. The zero-order valence-corrected chi connectivity index (χ0v) is 18.8. The van der Waals surface area contributed by atoms with Crippen molar-refractivity contribution in [1.29, 1.82) is 0 Å². The molecule has 0 radical (unpaired) electrons. The van der Waals surface area contributed by atoms with Crippen LogP contribution in [-0.4, -0.2) is 37.2 Å². The summed E-state index contributed by atoms with van der Waals surface area (Å²) in [5.41, 5.74) is -0.373. The number of ether oxygens (including phenoxy) is 1. The maximum atomic E-state index is 13.0. The smallest absolute Gasteiger partial charge is 0.416 e. The molecule has 0 spiro atoms. The minimum atomic E-state index is -4.72. The van der Waals surface area contributed by atoms with Gasteiger partial charge < -0.3 is 14.9 Å². The van der Waals surface area contributed by atoms with Gasteiger partial charge in [0, 0.05) is 16.1 Å². The number of carboxylic acids is 2. The van der Waals surface area contributed by atoms with Gasteiger partial charge in [0.2, 0.25) is 0 Å². The molecule has 34 heavy (non-hydrogen) atoms. The molecule has 8 nitrogen and oxygen atoms in total. The molecule has 0 bridgehead atoms. The molecule has 2 aromatic carbocycles. The largest absolute Gasteiger partial charge is 0.480 e. The van der Waals surface area contributed by atoms with Gasteiger partial charge >= 0.3 is 18.1 Å². The van der Waals surface area contributed by atoms with Gasteiger partial charge in [0.05, 0.1) is 10.5 Å². The van der Waals surface area contributed by atoms with Crippen molar-refractivity contribution in [2.24, 2.45) is 0 Å². The zero-order chi connectivity index (χ0) is 25.3. The summed E-state index contributed by atoms with van der Waals surface area (Å²) in [4.78, 5) is 22.0. The predicted molar refractivity (Wildman–Crippen MR) is 117 cm³/mol. The van der Waals surface area contributed by atoms with E-state index < -0.39 is 45.2 Å². The molecule has 0 unspecified atom stereocenters. The molecule has 1 heterocycles. The topological polar surface area (TPSA) is 130 Å². The molecule has 3 N–H and O–H groups in total. The fourth-order valence-corrected chi connectivity index (χ4v) is 5.18. The molecule has 0 amide bonds. The molecule has 13 heteroatoms. The lowest BCUT2D eigenvalue weighted by atomic mass is 10.1. The lowest BCUT2D eigenvalue weighted by molar-refractivity contribution is -0.139. The minimum Gasteiger partial charge on any atom is -0.480 e. The predicted octanol–water partition coefficient (Wildman–Crippen LogP) is 4.70. The highest BCUT2D eigenvalue weighted by molar-refractivity contribution is 7.92. The van der Waals surface area contributed by atoms with E-state index in [0.29, 0.717) is 22.1 Å². The fraction of sp³-hybridized carbons (Fsp3) is 0.143. The minimum absolute atomic E-state index is 0.0209. The van der Waals surface area contributed by atoms with Crippen molar-refractivity contribution >= 4 is 39.0 Å². The van der Waals surface area contributed by atoms with Crippen LogP contribution in [0.5, 0.6) is 5.75 Å². The molecule has 0 fully saturated rings. The molecule has 180 valence electrons. The molecule has 1 aromatic heterocycles. The highest BCUT2D eigenvalue weighted by Gasteiger charge is 2.31. The first-order valence-electron chi connectivity index (χ1n) is 9.31. The van der Waals surface area contributed by atoms with Crippen molar-refractivity contribution in [3.8, 4) is 16.2 Å². The Balaban J connectivity index is 1.96. The molecular formula is C21H16F3NO7S2. The maximum absolute atomic E-state index is 13.0. The van der Waals surface area contributed by atoms with Gasteiger partial charge in [0.25, 0.3) is 10.0 Å². The number of aliphatic carboxylic acids is 1. The molecule has 0 saturated carbocycles. The number of hydrogen-bond donors (Lipinski definition) is 3. The van der Waals surface area contributed by atoms with Gasteiger partial charge in [-0.2, -0.15) is 13.2 Å². The van der Waals surface area contributed by atoms with E-state index in [1.54, 1.807) is 6.07 Å². The average molecular weight is 515 g/mol. The lowest BCUT2D eigenvalue weighted by Gasteiger charge is -2.12. The van der Waals surface area contributed by atoms with Crippen LogP contribution >= 0.6 is 11.3 Å². The zero-order valence-electron chi connectivity index (χ0n) is 17.2. The van der Waals surface area contributed by atoms with E-state index in [9.17, 15) is 36.3 Å². The fourth-order valence-electron chi connectivity index (χ4n) is 3.00. The van der Waals surface area contributed by atoms with Crippen LogP contribution in [0.1, 0.15) is 20.8 Å². The van der Waals surface area contributed by atoms with Crippen molar-refractivity contribution in [2.75, 3.05) is 11.3 Å². The lowest BCUT2D eigenvalue weighted by Crippen LogP contribution is -2.14. The number of carbonyl (C=O) groups is 2. The van der Waals surface area contributed by atoms with Crippen molar-refractivity contribution in [1.82, 2.24) is 0 Å². The van der Waals surface area contributed by atoms with Crippen molar-refractivity contribution < 1.29 is 46.1 Å². The Hall–Kier alpha value is -3.58. The first-order valence-corrected chi connectivity index (χ1v) is 11.6. The maximum Gasteiger partial charge on any atom is 0.416 e. The van der Waals surface area contributed by atoms with Gasteiger partial charge in [0.15, 0.2) is 11.5 Å². The van der Waals surface area contributed by atoms with E-state index in [1.807, 2.05) is 0 Å². The third-order valence-electron chi connectivity index (χ3n) is 4.47. The second kappa shape index (κ2) is 9.35. The highest BCUT2D eigenvalue weighted by atomic mass is 32.2. The molecule has 0 aliphatic carbocycles. The average Bonchev–Trinajstić information content (AvgIpc) is 3.08. The quantitative estimate of drug-likeness (QED) is 0.396. The number of halogens is 3. The number of benzene rings is 2. The standard InChI is InChI=1S/C21H16F3NO7S2/c1-11-17(32-10-16(26)27)19(20(28)29)33-18(11)12-4-2-6-14(8-12)25-34(30,31)15-7-3-5-13(9-15)21(22,23)24/h2-9,25H,10H2,1H3,(H,26,27)(H,28,29). The molecule has 0 aliphatic rings. The second-order valence-electron chi connectivity index (χ2n) is 6.91. The van der Waals surface area contributed by atoms with E-state index in [1.165, 1.54) is 25.1 Å². The normalized spacial score (nSPS) is 11.8. The number of alkyl halides is 3. The van der Waals surface area contributed by atoms with E-state index in [2.05, 4.69) is 4.72 Å². The summed E-state index contributed by atoms with van der Waals surface area (Å²) >= 11 is 0.807. The highest BCUT2D eigenvalue weighted by Crippen LogP contribution is 2.42. The summed E-state index contributed by atoms with van der Waals surface area (Å²) < 4.78 is 71.5. The number of thiophene rings is 1. The Kier molecular flexibility index (Phi) is 6.89. The monoisotopic (exact) mass is 515 g/mol. The van der Waals surface area contributed by atoms with E-state index >= 15 is 0 Å². The second-order valence-corrected chi connectivity index (χ2v) is 9.62. The van der Waals surface area contributed by atoms with Gasteiger partial charge in [-0.1, -0.05) is 18.2 Å². The summed E-state index contributed by atoms with van der Waals surface area (Å²) in [6.45, 7) is 0.767. The number of hydrogen-bond acceptors (Lipinski definition) is 6. The first kappa shape index (κ1) is 25.1. The van der Waals surface area contributed by atoms with Gasteiger partial charge in [-0.05, 0) is 42.8 Å². The number of nitrogens with one attached hydrogen (secondary N) is 1. The Labute approximate surface area is 195 Å². The molecular weight excluding hydrogens is 499 g/mol. The van der Waals surface area contributed by atoms with Gasteiger partial charge in [-0.3, -0.25) is 4.72 Å². The van der Waals surface area contributed by atoms with Crippen LogP contribution in [0.2, 0.25) is 0 Å². The Morgan fingerprint density at radius 1 is 1.09 bits per heavy atom. The number of carboxylic acid groups (broad SMARTS) is 2. The van der Waals surface area contributed by atoms with Crippen molar-refractivity contribution in [3.05, 3.63) is 64.5 Å². The Bertz CT molecular complexity index is 1360. The third-order valence-corrected chi connectivity index (χ3v) is 7.16. The Morgan fingerprint density at radius 2 is 1.76 bits per heavy atom. The number of anilines is 1. The van der Waals surface area contributed by atoms with Crippen LogP contribution in [0.4, 0.5) is 18.9 Å². The summed E-state index contributed by atoms with van der Waals surface area (Å²) in [6.07, 6.45) is -4.72. The Morgan fingerprint density at radius 3 is 2.38 bits per heavy atom. The van der Waals surface area contributed by atoms with E-state index in [0.717, 1.165) is 29.5 Å². The van der Waals surface area contributed by atoms with Crippen LogP contribution in [0.25, 0.3) is 10.4 Å². The summed E-state index contributed by atoms with van der Waals surface area (Å²) in [5.74, 6) is -2.75. The number of aromatic carboxylic acids is 1. The van der Waals surface area contributed by atoms with Crippen LogP contribution in [0.3, 0.4) is 0 Å². The van der Waals surface area contributed by atoms with Gasteiger partial charge in [0.1, 0.15) is 5.75 Å². The molecule has 3 aromatic rings. The number of rotatable bonds is 8. The van der Waals surface area contributed by atoms with Gasteiger partial charge in [-0.25, -0.2) is 18.0 Å². The molecule has 0 saturated heterocycles. The van der Waals surface area contributed by atoms with Crippen LogP contribution < -0.4 is 9.46 Å².